The summed E-state index contributed by atoms with van der Waals surface area (Å²) in [6.45, 7) is 7.09. The van der Waals surface area contributed by atoms with E-state index in [1.165, 1.54) is 69.8 Å². The number of hydrogen-bond acceptors (Lipinski definition) is 10. The quantitative estimate of drug-likeness (QED) is 0.135. The number of hydrogen-bond donors (Lipinski definition) is 0. The molecule has 2 heterocycles. The molecule has 36 heavy (non-hydrogen) atoms. The molecule has 0 amide bonds. The summed E-state index contributed by atoms with van der Waals surface area (Å²) in [4.78, 5) is 22.8. The van der Waals surface area contributed by atoms with Crippen LogP contribution in [-0.2, 0) is 22.4 Å². The number of aryl methyl sites for hydroxylation is 2. The number of carbonyl (C=O) groups is 2. The fourth-order valence-corrected chi connectivity index (χ4v) is 15.1. The van der Waals surface area contributed by atoms with Gasteiger partial charge in [-0.05, 0) is 47.6 Å². The van der Waals surface area contributed by atoms with E-state index in [1.54, 1.807) is 0 Å². The van der Waals surface area contributed by atoms with Crippen LogP contribution in [0.2, 0.25) is 0 Å². The lowest BCUT2D eigenvalue weighted by molar-refractivity contribution is -0.107. The highest BCUT2D eigenvalue weighted by Gasteiger charge is 2.27. The van der Waals surface area contributed by atoms with Gasteiger partial charge in [0.05, 0.1) is 9.16 Å². The number of rotatable bonds is 16. The zero-order valence-electron chi connectivity index (χ0n) is 20.3. The van der Waals surface area contributed by atoms with Crippen LogP contribution in [0, 0.1) is 0 Å². The molecule has 10 heteroatoms. The molecule has 3 rings (SSSR count). The lowest BCUT2D eigenvalue weighted by Crippen LogP contribution is -2.07. The minimum absolute atomic E-state index is 0.0917. The van der Waals surface area contributed by atoms with Crippen LogP contribution in [0.1, 0.15) is 11.1 Å². The lowest BCUT2D eigenvalue weighted by Gasteiger charge is -2.10. The Kier molecular flexibility index (Phi) is 15.9. The number of thioether (sulfide) groups is 8. The average Bonchev–Trinajstić information content (AvgIpc) is 3.56. The Morgan fingerprint density at radius 1 is 0.750 bits per heavy atom. The average molecular weight is 635 g/mol. The molecule has 2 nitrogen and oxygen atoms in total. The second-order valence-electron chi connectivity index (χ2n) is 8.18. The summed E-state index contributed by atoms with van der Waals surface area (Å²) in [7, 11) is 0. The fraction of sp³-hybridized carbons (Fsp3) is 0.538. The van der Waals surface area contributed by atoms with Crippen molar-refractivity contribution in [3.8, 4) is 0 Å². The van der Waals surface area contributed by atoms with Gasteiger partial charge in [0.2, 0.25) is 10.2 Å². The zero-order chi connectivity index (χ0) is 25.6. The van der Waals surface area contributed by atoms with Crippen LogP contribution in [-0.4, -0.2) is 75.9 Å². The van der Waals surface area contributed by atoms with Gasteiger partial charge in [-0.2, -0.15) is 23.5 Å². The van der Waals surface area contributed by atoms with E-state index in [2.05, 4.69) is 60.9 Å². The number of benzene rings is 1. The molecule has 0 aliphatic carbocycles. The molecule has 2 aliphatic heterocycles. The van der Waals surface area contributed by atoms with E-state index in [0.29, 0.717) is 19.7 Å². The van der Waals surface area contributed by atoms with Crippen molar-refractivity contribution in [2.45, 2.75) is 32.5 Å². The Morgan fingerprint density at radius 3 is 1.56 bits per heavy atom. The van der Waals surface area contributed by atoms with Gasteiger partial charge >= 0.3 is 0 Å². The zero-order valence-corrected chi connectivity index (χ0v) is 26.9. The van der Waals surface area contributed by atoms with Crippen molar-refractivity contribution in [2.75, 3.05) is 46.0 Å². The molecular weight excluding hydrogens is 601 g/mol. The summed E-state index contributed by atoms with van der Waals surface area (Å²) in [5.74, 6) is 8.83. The van der Waals surface area contributed by atoms with Gasteiger partial charge < -0.3 is 0 Å². The van der Waals surface area contributed by atoms with Gasteiger partial charge in [-0.3, -0.25) is 9.59 Å². The molecule has 1 aromatic carbocycles. The lowest BCUT2D eigenvalue weighted by atomic mass is 10.1. The Hall–Kier alpha value is 0.840. The van der Waals surface area contributed by atoms with Crippen molar-refractivity contribution in [1.29, 1.82) is 0 Å². The van der Waals surface area contributed by atoms with E-state index in [-0.39, 0.29) is 10.2 Å². The van der Waals surface area contributed by atoms with E-state index in [4.69, 9.17) is 0 Å². The summed E-state index contributed by atoms with van der Waals surface area (Å²) in [5.41, 5.74) is 2.86. The van der Waals surface area contributed by atoms with Crippen LogP contribution in [0.25, 0.3) is 0 Å². The molecule has 2 fully saturated rings. The van der Waals surface area contributed by atoms with Gasteiger partial charge in [-0.25, -0.2) is 0 Å². The van der Waals surface area contributed by atoms with E-state index in [9.17, 15) is 9.59 Å². The summed E-state index contributed by atoms with van der Waals surface area (Å²) in [6.07, 6.45) is 5.09. The van der Waals surface area contributed by atoms with Crippen LogP contribution in [0.3, 0.4) is 0 Å². The van der Waals surface area contributed by atoms with E-state index in [1.807, 2.05) is 47.0 Å². The molecule has 2 aliphatic rings. The fourth-order valence-electron chi connectivity index (χ4n) is 3.45. The Morgan fingerprint density at radius 2 is 1.17 bits per heavy atom. The first-order valence-electron chi connectivity index (χ1n) is 11.9. The standard InChI is InChI=1S/C26H34O2S8/c1-3-23(27)31-13-21-15-33-25(35-21)17-29-11-9-19-5-7-20(8-6-19)10-12-30-18-26-34-16-22(36-26)14-32-24(28)4-2/h3-8,21-22,25-26H,1-2,9-18H2. The second-order valence-corrected chi connectivity index (χ2v) is 18.6. The predicted octanol–water partition coefficient (Wildman–Crippen LogP) is 7.48. The molecule has 0 N–H and O–H groups in total. The third-order valence-electron chi connectivity index (χ3n) is 5.38. The van der Waals surface area contributed by atoms with Gasteiger partial charge in [0.1, 0.15) is 0 Å². The van der Waals surface area contributed by atoms with E-state index < -0.39 is 0 Å². The largest absolute Gasteiger partial charge is 0.282 e. The first-order chi connectivity index (χ1) is 17.6. The Balaban J connectivity index is 1.20. The molecule has 0 radical (unpaired) electrons. The van der Waals surface area contributed by atoms with Crippen LogP contribution >= 0.6 is 94.1 Å². The summed E-state index contributed by atoms with van der Waals surface area (Å²) in [6, 6.07) is 9.22. The van der Waals surface area contributed by atoms with Crippen LogP contribution in [0.15, 0.2) is 49.6 Å². The van der Waals surface area contributed by atoms with E-state index >= 15 is 0 Å². The minimum Gasteiger partial charge on any atom is -0.282 e. The molecule has 2 saturated heterocycles. The van der Waals surface area contributed by atoms with Gasteiger partial charge in [0.15, 0.2) is 0 Å². The molecule has 1 aromatic rings. The smallest absolute Gasteiger partial charge is 0.211 e. The highest BCUT2D eigenvalue weighted by atomic mass is 32.2. The van der Waals surface area contributed by atoms with Gasteiger partial charge in [-0.1, -0.05) is 60.9 Å². The molecular formula is C26H34O2S8. The van der Waals surface area contributed by atoms with Crippen LogP contribution in [0.4, 0.5) is 0 Å². The predicted molar refractivity (Wildman–Crippen MR) is 179 cm³/mol. The highest BCUT2D eigenvalue weighted by molar-refractivity contribution is 8.23. The topological polar surface area (TPSA) is 34.1 Å². The summed E-state index contributed by atoms with van der Waals surface area (Å²) in [5, 5.41) is 1.36. The molecule has 4 unspecified atom stereocenters. The maximum absolute atomic E-state index is 11.4. The first-order valence-corrected chi connectivity index (χ1v) is 20.2. The molecule has 0 bridgehead atoms. The molecule has 0 saturated carbocycles. The van der Waals surface area contributed by atoms with Crippen molar-refractivity contribution >= 4 is 104 Å². The van der Waals surface area contributed by atoms with Gasteiger partial charge in [0.25, 0.3) is 0 Å². The Labute approximate surface area is 251 Å². The maximum atomic E-state index is 11.4. The molecule has 198 valence electrons. The summed E-state index contributed by atoms with van der Waals surface area (Å²) < 4.78 is 1.32. The molecule has 0 spiro atoms. The normalized spacial score (nSPS) is 23.6. The van der Waals surface area contributed by atoms with E-state index in [0.717, 1.165) is 35.9 Å². The van der Waals surface area contributed by atoms with Gasteiger partial charge in [0, 0.05) is 45.0 Å². The van der Waals surface area contributed by atoms with Crippen molar-refractivity contribution in [2.24, 2.45) is 0 Å². The SMILES string of the molecule is C=CC(=O)SCC1CSC(CSCCc2ccc(CCSCC3SCC(CSC(=O)C=C)S3)cc2)S1. The van der Waals surface area contributed by atoms with Crippen LogP contribution < -0.4 is 0 Å². The molecule has 4 atom stereocenters. The Bertz CT molecular complexity index is 778. The number of carbonyl (C=O) groups excluding carboxylic acids is 2. The van der Waals surface area contributed by atoms with Crippen LogP contribution in [0.5, 0.6) is 0 Å². The van der Waals surface area contributed by atoms with Gasteiger partial charge in [-0.15, -0.1) is 47.0 Å². The maximum Gasteiger partial charge on any atom is 0.211 e. The minimum atomic E-state index is 0.0917. The monoisotopic (exact) mass is 634 g/mol. The first kappa shape index (κ1) is 31.4. The highest BCUT2D eigenvalue weighted by Crippen LogP contribution is 2.42. The van der Waals surface area contributed by atoms with Crippen molar-refractivity contribution in [3.63, 3.8) is 0 Å². The summed E-state index contributed by atoms with van der Waals surface area (Å²) >= 11 is 15.1. The van der Waals surface area contributed by atoms with Crippen molar-refractivity contribution in [3.05, 3.63) is 60.7 Å². The third-order valence-corrected chi connectivity index (χ3v) is 17.4. The van der Waals surface area contributed by atoms with Crippen molar-refractivity contribution in [1.82, 2.24) is 0 Å². The molecule has 0 aromatic heterocycles. The second kappa shape index (κ2) is 18.2. The third kappa shape index (κ3) is 12.3. The van der Waals surface area contributed by atoms with Crippen molar-refractivity contribution < 1.29 is 9.59 Å².